The molecule has 1 aromatic rings. The summed E-state index contributed by atoms with van der Waals surface area (Å²) in [5.74, 6) is 1.27. The van der Waals surface area contributed by atoms with Crippen molar-refractivity contribution in [3.8, 4) is 17.6 Å². The molecule has 15 heavy (non-hydrogen) atoms. The number of methoxy groups -OCH3 is 2. The van der Waals surface area contributed by atoms with Gasteiger partial charge in [-0.3, -0.25) is 0 Å². The first-order chi connectivity index (χ1) is 7.13. The maximum atomic E-state index is 8.83. The van der Waals surface area contributed by atoms with Gasteiger partial charge in [0, 0.05) is 26.2 Å². The highest BCUT2D eigenvalue weighted by Crippen LogP contribution is 2.37. The van der Waals surface area contributed by atoms with Crippen molar-refractivity contribution in [1.29, 1.82) is 5.26 Å². The van der Waals surface area contributed by atoms with Crippen LogP contribution in [0.4, 0.5) is 5.69 Å². The molecule has 1 aromatic carbocycles. The predicted molar refractivity (Wildman–Crippen MR) is 58.6 cm³/mol. The zero-order valence-corrected chi connectivity index (χ0v) is 9.37. The first-order valence-corrected chi connectivity index (χ1v) is 4.47. The van der Waals surface area contributed by atoms with E-state index >= 15 is 0 Å². The summed E-state index contributed by atoms with van der Waals surface area (Å²) < 4.78 is 10.4. The molecule has 0 unspecified atom stereocenters. The zero-order valence-electron chi connectivity index (χ0n) is 9.37. The Labute approximate surface area is 89.6 Å². The molecular formula is C11H14N2O2. The number of rotatable bonds is 3. The van der Waals surface area contributed by atoms with Gasteiger partial charge in [-0.05, 0) is 0 Å². The lowest BCUT2D eigenvalue weighted by atomic mass is 10.1. The fourth-order valence-electron chi connectivity index (χ4n) is 1.40. The van der Waals surface area contributed by atoms with Gasteiger partial charge in [0.15, 0.2) is 0 Å². The molecule has 4 heteroatoms. The molecule has 0 N–H and O–H groups in total. The minimum atomic E-state index is 0.522. The highest BCUT2D eigenvalue weighted by Gasteiger charge is 2.13. The predicted octanol–water partition coefficient (Wildman–Crippen LogP) is 1.64. The molecule has 0 aliphatic heterocycles. The summed E-state index contributed by atoms with van der Waals surface area (Å²) in [6.45, 7) is 0. The summed E-state index contributed by atoms with van der Waals surface area (Å²) in [6, 6.07) is 5.45. The lowest BCUT2D eigenvalue weighted by molar-refractivity contribution is 0.395. The first kappa shape index (κ1) is 11.2. The fourth-order valence-corrected chi connectivity index (χ4v) is 1.40. The summed E-state index contributed by atoms with van der Waals surface area (Å²) in [5, 5.41) is 8.83. The van der Waals surface area contributed by atoms with Crippen LogP contribution in [0.2, 0.25) is 0 Å². The molecule has 0 radical (unpaired) electrons. The number of ether oxygens (including phenoxy) is 2. The summed E-state index contributed by atoms with van der Waals surface area (Å²) in [5.41, 5.74) is 1.35. The molecule has 0 aliphatic rings. The van der Waals surface area contributed by atoms with Gasteiger partial charge < -0.3 is 14.4 Å². The van der Waals surface area contributed by atoms with Crippen LogP contribution in [-0.2, 0) is 0 Å². The lowest BCUT2D eigenvalue weighted by Crippen LogP contribution is -2.11. The van der Waals surface area contributed by atoms with Crippen LogP contribution in [0.1, 0.15) is 5.56 Å². The van der Waals surface area contributed by atoms with Gasteiger partial charge in [0.25, 0.3) is 0 Å². The molecule has 0 saturated heterocycles. The van der Waals surface area contributed by atoms with E-state index in [9.17, 15) is 0 Å². The van der Waals surface area contributed by atoms with Gasteiger partial charge >= 0.3 is 0 Å². The Bertz CT molecular complexity index is 369. The monoisotopic (exact) mass is 206 g/mol. The summed E-state index contributed by atoms with van der Waals surface area (Å²) in [6.07, 6.45) is 0. The van der Waals surface area contributed by atoms with Crippen LogP contribution < -0.4 is 14.4 Å². The van der Waals surface area contributed by atoms with E-state index < -0.39 is 0 Å². The van der Waals surface area contributed by atoms with Crippen LogP contribution in [-0.4, -0.2) is 28.3 Å². The normalized spacial score (nSPS) is 9.27. The van der Waals surface area contributed by atoms with Crippen LogP contribution in [0, 0.1) is 11.3 Å². The third-order valence-corrected chi connectivity index (χ3v) is 2.06. The van der Waals surface area contributed by atoms with Gasteiger partial charge in [-0.2, -0.15) is 5.26 Å². The van der Waals surface area contributed by atoms with Crippen molar-refractivity contribution in [3.63, 3.8) is 0 Å². The quantitative estimate of drug-likeness (QED) is 0.754. The molecule has 1 rings (SSSR count). The Balaban J connectivity index is 3.41. The third-order valence-electron chi connectivity index (χ3n) is 2.06. The van der Waals surface area contributed by atoms with Crippen molar-refractivity contribution in [3.05, 3.63) is 17.7 Å². The number of hydrogen-bond acceptors (Lipinski definition) is 4. The highest BCUT2D eigenvalue weighted by atomic mass is 16.5. The van der Waals surface area contributed by atoms with Gasteiger partial charge in [0.2, 0.25) is 0 Å². The average Bonchev–Trinajstić information content (AvgIpc) is 2.26. The van der Waals surface area contributed by atoms with Crippen LogP contribution in [0.5, 0.6) is 11.5 Å². The van der Waals surface area contributed by atoms with E-state index in [0.29, 0.717) is 17.1 Å². The van der Waals surface area contributed by atoms with Crippen molar-refractivity contribution in [2.75, 3.05) is 33.2 Å². The highest BCUT2D eigenvalue weighted by molar-refractivity contribution is 5.69. The molecule has 0 aromatic heterocycles. The molecular weight excluding hydrogens is 192 g/mol. The van der Waals surface area contributed by atoms with Crippen molar-refractivity contribution in [1.82, 2.24) is 0 Å². The Kier molecular flexibility index (Phi) is 3.40. The van der Waals surface area contributed by atoms with Gasteiger partial charge in [-0.25, -0.2) is 0 Å². The maximum Gasteiger partial charge on any atom is 0.147 e. The molecule has 0 bridgehead atoms. The summed E-state index contributed by atoms with van der Waals surface area (Å²) in [7, 11) is 6.94. The molecule has 0 amide bonds. The standard InChI is InChI=1S/C11H14N2O2/c1-13(2)11-9(14-3)5-8(7-12)6-10(11)15-4/h5-6H,1-4H3. The molecule has 0 saturated carbocycles. The van der Waals surface area contributed by atoms with Crippen molar-refractivity contribution in [2.24, 2.45) is 0 Å². The van der Waals surface area contributed by atoms with Crippen molar-refractivity contribution >= 4 is 5.69 Å². The first-order valence-electron chi connectivity index (χ1n) is 4.47. The number of benzene rings is 1. The average molecular weight is 206 g/mol. The van der Waals surface area contributed by atoms with E-state index in [2.05, 4.69) is 6.07 Å². The number of anilines is 1. The van der Waals surface area contributed by atoms with Crippen LogP contribution >= 0.6 is 0 Å². The largest absolute Gasteiger partial charge is 0.494 e. The van der Waals surface area contributed by atoms with E-state index in [1.165, 1.54) is 0 Å². The third kappa shape index (κ3) is 2.13. The van der Waals surface area contributed by atoms with Gasteiger partial charge in [0.05, 0.1) is 25.9 Å². The molecule has 0 spiro atoms. The van der Waals surface area contributed by atoms with Crippen LogP contribution in [0.25, 0.3) is 0 Å². The van der Waals surface area contributed by atoms with Gasteiger partial charge in [-0.1, -0.05) is 0 Å². The molecule has 0 fully saturated rings. The SMILES string of the molecule is COc1cc(C#N)cc(OC)c1N(C)C. The van der Waals surface area contributed by atoms with E-state index in [1.807, 2.05) is 19.0 Å². The lowest BCUT2D eigenvalue weighted by Gasteiger charge is -2.19. The number of hydrogen-bond donors (Lipinski definition) is 0. The summed E-state index contributed by atoms with van der Waals surface area (Å²) >= 11 is 0. The minimum absolute atomic E-state index is 0.522. The second-order valence-corrected chi connectivity index (χ2v) is 3.24. The topological polar surface area (TPSA) is 45.5 Å². The summed E-state index contributed by atoms with van der Waals surface area (Å²) in [4.78, 5) is 1.89. The number of nitrogens with zero attached hydrogens (tertiary/aromatic N) is 2. The zero-order chi connectivity index (χ0) is 11.4. The van der Waals surface area contributed by atoms with Crippen molar-refractivity contribution < 1.29 is 9.47 Å². The van der Waals surface area contributed by atoms with E-state index in [1.54, 1.807) is 26.4 Å². The smallest absolute Gasteiger partial charge is 0.147 e. The minimum Gasteiger partial charge on any atom is -0.494 e. The van der Waals surface area contributed by atoms with Gasteiger partial charge in [0.1, 0.15) is 17.2 Å². The molecule has 0 heterocycles. The van der Waals surface area contributed by atoms with Gasteiger partial charge in [-0.15, -0.1) is 0 Å². The maximum absolute atomic E-state index is 8.83. The fraction of sp³-hybridized carbons (Fsp3) is 0.364. The second kappa shape index (κ2) is 4.56. The molecule has 80 valence electrons. The van der Waals surface area contributed by atoms with E-state index in [-0.39, 0.29) is 0 Å². The van der Waals surface area contributed by atoms with Crippen LogP contribution in [0.3, 0.4) is 0 Å². The number of nitriles is 1. The van der Waals surface area contributed by atoms with E-state index in [4.69, 9.17) is 14.7 Å². The molecule has 0 aliphatic carbocycles. The molecule has 0 atom stereocenters. The Hall–Kier alpha value is -1.89. The second-order valence-electron chi connectivity index (χ2n) is 3.24. The van der Waals surface area contributed by atoms with Crippen molar-refractivity contribution in [2.45, 2.75) is 0 Å². The Morgan fingerprint density at radius 3 is 1.87 bits per heavy atom. The Morgan fingerprint density at radius 1 is 1.13 bits per heavy atom. The molecule has 4 nitrogen and oxygen atoms in total. The van der Waals surface area contributed by atoms with Crippen LogP contribution in [0.15, 0.2) is 12.1 Å². The Morgan fingerprint density at radius 2 is 1.60 bits per heavy atom. The van der Waals surface area contributed by atoms with E-state index in [0.717, 1.165) is 5.69 Å².